The molecule has 4 atom stereocenters. The Bertz CT molecular complexity index is 148. The summed E-state index contributed by atoms with van der Waals surface area (Å²) < 4.78 is 0. The molecule has 1 saturated carbocycles. The molecule has 0 heterocycles. The summed E-state index contributed by atoms with van der Waals surface area (Å²) in [5, 5.41) is 0. The topological polar surface area (TPSA) is 0 Å². The molecule has 0 aromatic heterocycles. The van der Waals surface area contributed by atoms with Gasteiger partial charge in [-0.25, -0.2) is 0 Å². The van der Waals surface area contributed by atoms with E-state index in [9.17, 15) is 0 Å². The van der Waals surface area contributed by atoms with Gasteiger partial charge in [0.2, 0.25) is 0 Å². The molecular weight excluding hydrogens is 156 g/mol. The zero-order valence-corrected chi connectivity index (χ0v) is 10.0. The van der Waals surface area contributed by atoms with Crippen molar-refractivity contribution in [2.24, 2.45) is 29.6 Å². The zero-order chi connectivity index (χ0) is 10.0. The van der Waals surface area contributed by atoms with E-state index >= 15 is 0 Å². The van der Waals surface area contributed by atoms with Crippen LogP contribution in [0.2, 0.25) is 0 Å². The quantitative estimate of drug-likeness (QED) is 0.608. The molecule has 0 nitrogen and oxygen atoms in total. The van der Waals surface area contributed by atoms with E-state index < -0.39 is 0 Å². The van der Waals surface area contributed by atoms with Crippen LogP contribution in [0.15, 0.2) is 0 Å². The molecule has 0 aliphatic heterocycles. The van der Waals surface area contributed by atoms with Gasteiger partial charge in [-0.05, 0) is 42.4 Å². The highest BCUT2D eigenvalue weighted by molar-refractivity contribution is 4.84. The van der Waals surface area contributed by atoms with Crippen molar-refractivity contribution in [1.29, 1.82) is 0 Å². The number of hydrogen-bond acceptors (Lipinski definition) is 0. The lowest BCUT2D eigenvalue weighted by Gasteiger charge is -2.26. The lowest BCUT2D eigenvalue weighted by atomic mass is 9.79. The maximum Gasteiger partial charge on any atom is -0.0358 e. The van der Waals surface area contributed by atoms with E-state index in [2.05, 4.69) is 34.6 Å². The molecule has 13 heavy (non-hydrogen) atoms. The van der Waals surface area contributed by atoms with Gasteiger partial charge in [-0.15, -0.1) is 0 Å². The Kier molecular flexibility index (Phi) is 3.82. The summed E-state index contributed by atoms with van der Waals surface area (Å²) in [6.45, 7) is 12.0. The molecule has 0 saturated heterocycles. The summed E-state index contributed by atoms with van der Waals surface area (Å²) in [5.74, 6) is 4.79. The maximum atomic E-state index is 2.46. The van der Waals surface area contributed by atoms with Crippen molar-refractivity contribution in [3.63, 3.8) is 0 Å². The van der Waals surface area contributed by atoms with E-state index in [-0.39, 0.29) is 0 Å². The first kappa shape index (κ1) is 11.1. The summed E-state index contributed by atoms with van der Waals surface area (Å²) in [6.07, 6.45) is 4.38. The van der Waals surface area contributed by atoms with Gasteiger partial charge in [0.15, 0.2) is 0 Å². The van der Waals surface area contributed by atoms with Gasteiger partial charge in [0.1, 0.15) is 0 Å². The van der Waals surface area contributed by atoms with E-state index in [0.717, 1.165) is 29.6 Å². The van der Waals surface area contributed by atoms with E-state index in [4.69, 9.17) is 0 Å². The van der Waals surface area contributed by atoms with E-state index in [1.807, 2.05) is 0 Å². The second-order valence-electron chi connectivity index (χ2n) is 5.49. The van der Waals surface area contributed by atoms with Crippen LogP contribution in [-0.4, -0.2) is 0 Å². The van der Waals surface area contributed by atoms with Crippen molar-refractivity contribution < 1.29 is 0 Å². The first-order valence-electron chi connectivity index (χ1n) is 6.06. The SMILES string of the molecule is CCC1CC(C)C(C(C)C(C)C)C1. The average molecular weight is 182 g/mol. The van der Waals surface area contributed by atoms with Crippen LogP contribution in [0.25, 0.3) is 0 Å². The van der Waals surface area contributed by atoms with Gasteiger partial charge < -0.3 is 0 Å². The van der Waals surface area contributed by atoms with Crippen LogP contribution in [0.1, 0.15) is 53.9 Å². The summed E-state index contributed by atoms with van der Waals surface area (Å²) in [4.78, 5) is 0. The Morgan fingerprint density at radius 3 is 2.15 bits per heavy atom. The fourth-order valence-corrected chi connectivity index (χ4v) is 2.97. The van der Waals surface area contributed by atoms with Crippen LogP contribution < -0.4 is 0 Å². The molecule has 0 aromatic carbocycles. The van der Waals surface area contributed by atoms with Gasteiger partial charge in [-0.3, -0.25) is 0 Å². The minimum Gasteiger partial charge on any atom is -0.0651 e. The minimum atomic E-state index is 0.864. The highest BCUT2D eigenvalue weighted by Gasteiger charge is 2.34. The van der Waals surface area contributed by atoms with Crippen LogP contribution in [-0.2, 0) is 0 Å². The van der Waals surface area contributed by atoms with E-state index in [1.165, 1.54) is 19.3 Å². The van der Waals surface area contributed by atoms with E-state index in [0.29, 0.717) is 0 Å². The Balaban J connectivity index is 2.51. The number of hydrogen-bond donors (Lipinski definition) is 0. The Morgan fingerprint density at radius 2 is 1.77 bits per heavy atom. The van der Waals surface area contributed by atoms with Crippen molar-refractivity contribution >= 4 is 0 Å². The normalized spacial score (nSPS) is 36.9. The van der Waals surface area contributed by atoms with Crippen molar-refractivity contribution in [1.82, 2.24) is 0 Å². The highest BCUT2D eigenvalue weighted by atomic mass is 14.4. The van der Waals surface area contributed by atoms with Crippen LogP contribution in [0.3, 0.4) is 0 Å². The molecule has 0 aromatic rings. The standard InChI is InChI=1S/C13H26/c1-6-12-7-10(4)13(8-12)11(5)9(2)3/h9-13H,6-8H2,1-5H3. The lowest BCUT2D eigenvalue weighted by molar-refractivity contribution is 0.230. The van der Waals surface area contributed by atoms with Crippen LogP contribution in [0, 0.1) is 29.6 Å². The predicted octanol–water partition coefficient (Wildman–Crippen LogP) is 4.35. The van der Waals surface area contributed by atoms with Crippen LogP contribution >= 0.6 is 0 Å². The summed E-state index contributed by atoms with van der Waals surface area (Å²) >= 11 is 0. The van der Waals surface area contributed by atoms with Crippen molar-refractivity contribution in [3.05, 3.63) is 0 Å². The summed E-state index contributed by atoms with van der Waals surface area (Å²) in [5.41, 5.74) is 0. The largest absolute Gasteiger partial charge is 0.0651 e. The van der Waals surface area contributed by atoms with Crippen molar-refractivity contribution in [3.8, 4) is 0 Å². The molecule has 0 spiro atoms. The molecule has 0 heteroatoms. The van der Waals surface area contributed by atoms with Gasteiger partial charge in [-0.2, -0.15) is 0 Å². The van der Waals surface area contributed by atoms with Crippen molar-refractivity contribution in [2.75, 3.05) is 0 Å². The van der Waals surface area contributed by atoms with Gasteiger partial charge in [0.05, 0.1) is 0 Å². The molecule has 1 aliphatic carbocycles. The third kappa shape index (κ3) is 2.48. The lowest BCUT2D eigenvalue weighted by Crippen LogP contribution is -2.19. The van der Waals surface area contributed by atoms with Gasteiger partial charge >= 0.3 is 0 Å². The van der Waals surface area contributed by atoms with Gasteiger partial charge in [-0.1, -0.05) is 41.0 Å². The molecule has 1 rings (SSSR count). The predicted molar refractivity (Wildman–Crippen MR) is 59.7 cm³/mol. The summed E-state index contributed by atoms with van der Waals surface area (Å²) in [6, 6.07) is 0. The molecule has 4 unspecified atom stereocenters. The van der Waals surface area contributed by atoms with Gasteiger partial charge in [0, 0.05) is 0 Å². The molecule has 1 aliphatic rings. The fourth-order valence-electron chi connectivity index (χ4n) is 2.97. The van der Waals surface area contributed by atoms with Crippen LogP contribution in [0.4, 0.5) is 0 Å². The van der Waals surface area contributed by atoms with Crippen LogP contribution in [0.5, 0.6) is 0 Å². The van der Waals surface area contributed by atoms with Crippen molar-refractivity contribution in [2.45, 2.75) is 53.9 Å². The zero-order valence-electron chi connectivity index (χ0n) is 10.0. The molecule has 1 fully saturated rings. The summed E-state index contributed by atoms with van der Waals surface area (Å²) in [7, 11) is 0. The number of rotatable bonds is 3. The maximum absolute atomic E-state index is 2.46. The molecule has 0 amide bonds. The molecule has 78 valence electrons. The second-order valence-corrected chi connectivity index (χ2v) is 5.49. The first-order valence-corrected chi connectivity index (χ1v) is 6.06. The molecule has 0 bridgehead atoms. The average Bonchev–Trinajstić information content (AvgIpc) is 2.45. The first-order chi connectivity index (χ1) is 6.06. The minimum absolute atomic E-state index is 0.864. The monoisotopic (exact) mass is 182 g/mol. The Morgan fingerprint density at radius 1 is 1.15 bits per heavy atom. The molecule has 0 N–H and O–H groups in total. The third-order valence-electron chi connectivity index (χ3n) is 4.35. The molecule has 0 radical (unpaired) electrons. The third-order valence-corrected chi connectivity index (χ3v) is 4.35. The second kappa shape index (κ2) is 4.48. The Hall–Kier alpha value is 0. The highest BCUT2D eigenvalue weighted by Crippen LogP contribution is 2.43. The van der Waals surface area contributed by atoms with Gasteiger partial charge in [0.25, 0.3) is 0 Å². The fraction of sp³-hybridized carbons (Fsp3) is 1.00. The Labute approximate surface area is 84.1 Å². The van der Waals surface area contributed by atoms with E-state index in [1.54, 1.807) is 0 Å². The smallest absolute Gasteiger partial charge is 0.0358 e. The molecular formula is C13H26.